The quantitative estimate of drug-likeness (QED) is 0.753. The Balaban J connectivity index is 1.94. The first-order chi connectivity index (χ1) is 11.8. The van der Waals surface area contributed by atoms with Crippen LogP contribution in [0.2, 0.25) is 0 Å². The fourth-order valence-electron chi connectivity index (χ4n) is 3.04. The lowest BCUT2D eigenvalue weighted by molar-refractivity contribution is 0.416. The van der Waals surface area contributed by atoms with Crippen molar-refractivity contribution in [1.29, 1.82) is 5.26 Å². The van der Waals surface area contributed by atoms with Crippen LogP contribution in [0.25, 0.3) is 21.5 Å². The van der Waals surface area contributed by atoms with Crippen molar-refractivity contribution in [3.8, 4) is 17.3 Å². The molecule has 3 aromatic rings. The van der Waals surface area contributed by atoms with E-state index in [2.05, 4.69) is 29.7 Å². The highest BCUT2D eigenvalue weighted by Crippen LogP contribution is 2.34. The summed E-state index contributed by atoms with van der Waals surface area (Å²) in [7, 11) is 0. The van der Waals surface area contributed by atoms with Gasteiger partial charge >= 0.3 is 0 Å². The number of hydrogen-bond donors (Lipinski definition) is 2. The number of piperazine rings is 1. The maximum atomic E-state index is 9.46. The van der Waals surface area contributed by atoms with E-state index < -0.39 is 0 Å². The predicted octanol–water partition coefficient (Wildman–Crippen LogP) is 2.77. The third-order valence-corrected chi connectivity index (χ3v) is 5.13. The highest BCUT2D eigenvalue weighted by molar-refractivity contribution is 7.18. The zero-order valence-corrected chi connectivity index (χ0v) is 14.2. The number of hydrogen-bond acceptors (Lipinski definition) is 6. The molecule has 1 fully saturated rings. The molecule has 0 saturated carbocycles. The van der Waals surface area contributed by atoms with E-state index in [1.807, 2.05) is 24.3 Å². The summed E-state index contributed by atoms with van der Waals surface area (Å²) in [5.74, 6) is 0.791. The number of nitriles is 1. The molecule has 120 valence electrons. The number of nitrogens with zero attached hydrogens (tertiary/aromatic N) is 3. The molecule has 0 radical (unpaired) electrons. The van der Waals surface area contributed by atoms with Crippen molar-refractivity contribution >= 4 is 21.6 Å². The van der Waals surface area contributed by atoms with Gasteiger partial charge in [-0.2, -0.15) is 5.26 Å². The molecule has 0 amide bonds. The maximum absolute atomic E-state index is 9.46. The Morgan fingerprint density at radius 2 is 2.12 bits per heavy atom. The molecule has 0 aliphatic carbocycles. The first kappa shape index (κ1) is 15.2. The lowest BCUT2D eigenvalue weighted by Crippen LogP contribution is -2.43. The van der Waals surface area contributed by atoms with Crippen LogP contribution in [0.1, 0.15) is 22.3 Å². The summed E-state index contributed by atoms with van der Waals surface area (Å²) in [6.07, 6.45) is 0. The Hall–Kier alpha value is -2.33. The van der Waals surface area contributed by atoms with E-state index in [-0.39, 0.29) is 6.04 Å². The minimum Gasteiger partial charge on any atom is -0.313 e. The summed E-state index contributed by atoms with van der Waals surface area (Å²) in [6.45, 7) is 4.75. The molecule has 3 heterocycles. The van der Waals surface area contributed by atoms with Gasteiger partial charge in [0.1, 0.15) is 10.7 Å². The Morgan fingerprint density at radius 3 is 2.92 bits per heavy atom. The van der Waals surface area contributed by atoms with Crippen molar-refractivity contribution < 1.29 is 0 Å². The highest BCUT2D eigenvalue weighted by atomic mass is 32.1. The molecule has 1 atom stereocenters. The molecule has 2 N–H and O–H groups in total. The Labute approximate surface area is 144 Å². The van der Waals surface area contributed by atoms with Crippen LogP contribution in [0, 0.1) is 18.3 Å². The number of aryl methyl sites for hydroxylation is 1. The van der Waals surface area contributed by atoms with Crippen molar-refractivity contribution in [1.82, 2.24) is 20.6 Å². The molecule has 1 aliphatic rings. The van der Waals surface area contributed by atoms with Crippen LogP contribution in [0.5, 0.6) is 0 Å². The van der Waals surface area contributed by atoms with Gasteiger partial charge in [-0.05, 0) is 19.1 Å². The normalized spacial score (nSPS) is 17.8. The molecule has 1 aromatic carbocycles. The fraction of sp³-hybridized carbons (Fsp3) is 0.278. The van der Waals surface area contributed by atoms with Crippen molar-refractivity contribution in [2.24, 2.45) is 0 Å². The standard InChI is InChI=1S/C18H17N5S/c1-11-8-14-16(13-5-3-2-4-12(13)9-19)22-17(23-18(14)24-11)15-10-20-6-7-21-15/h2-5,8,15,20-21H,6-7,10H2,1H3. The number of nitrogens with one attached hydrogen (secondary N) is 2. The van der Waals surface area contributed by atoms with Gasteiger partial charge in [-0.3, -0.25) is 0 Å². The third kappa shape index (κ3) is 2.67. The van der Waals surface area contributed by atoms with Gasteiger partial charge in [0.2, 0.25) is 0 Å². The Bertz CT molecular complexity index is 934. The van der Waals surface area contributed by atoms with Gasteiger partial charge in [-0.1, -0.05) is 18.2 Å². The second-order valence-electron chi connectivity index (χ2n) is 5.87. The van der Waals surface area contributed by atoms with Gasteiger partial charge in [-0.25, -0.2) is 9.97 Å². The molecule has 1 unspecified atom stereocenters. The third-order valence-electron chi connectivity index (χ3n) is 4.19. The van der Waals surface area contributed by atoms with Gasteiger partial charge < -0.3 is 10.6 Å². The zero-order chi connectivity index (χ0) is 16.5. The lowest BCUT2D eigenvalue weighted by Gasteiger charge is -2.23. The fourth-order valence-corrected chi connectivity index (χ4v) is 3.93. The van der Waals surface area contributed by atoms with Crippen LogP contribution in [0.15, 0.2) is 30.3 Å². The van der Waals surface area contributed by atoms with E-state index in [4.69, 9.17) is 9.97 Å². The number of fused-ring (bicyclic) bond motifs is 1. The number of aromatic nitrogens is 2. The predicted molar refractivity (Wildman–Crippen MR) is 95.9 cm³/mol. The van der Waals surface area contributed by atoms with Gasteiger partial charge in [-0.15, -0.1) is 11.3 Å². The van der Waals surface area contributed by atoms with E-state index in [1.54, 1.807) is 11.3 Å². The minimum atomic E-state index is 0.0959. The SMILES string of the molecule is Cc1cc2c(-c3ccccc3C#N)nc(C3CNCCN3)nc2s1. The average molecular weight is 335 g/mol. The summed E-state index contributed by atoms with van der Waals surface area (Å²) < 4.78 is 0. The van der Waals surface area contributed by atoms with Crippen LogP contribution in [0.4, 0.5) is 0 Å². The molecule has 1 saturated heterocycles. The van der Waals surface area contributed by atoms with Crippen molar-refractivity contribution in [3.05, 3.63) is 46.6 Å². The second-order valence-corrected chi connectivity index (χ2v) is 7.11. The first-order valence-corrected chi connectivity index (χ1v) is 8.79. The molecule has 0 spiro atoms. The van der Waals surface area contributed by atoms with Crippen molar-refractivity contribution in [2.45, 2.75) is 13.0 Å². The molecular formula is C18H17N5S. The van der Waals surface area contributed by atoms with Gasteiger partial charge in [0.25, 0.3) is 0 Å². The molecular weight excluding hydrogens is 318 g/mol. The smallest absolute Gasteiger partial charge is 0.148 e. The average Bonchev–Trinajstić information content (AvgIpc) is 3.01. The van der Waals surface area contributed by atoms with Crippen LogP contribution >= 0.6 is 11.3 Å². The van der Waals surface area contributed by atoms with Crippen LogP contribution in [0.3, 0.4) is 0 Å². The molecule has 24 heavy (non-hydrogen) atoms. The summed E-state index contributed by atoms with van der Waals surface area (Å²) in [5, 5.41) is 17.3. The highest BCUT2D eigenvalue weighted by Gasteiger charge is 2.21. The molecule has 2 aromatic heterocycles. The summed E-state index contributed by atoms with van der Waals surface area (Å²) in [6, 6.07) is 12.1. The number of benzene rings is 1. The minimum absolute atomic E-state index is 0.0959. The molecule has 4 rings (SSSR count). The van der Waals surface area contributed by atoms with E-state index >= 15 is 0 Å². The Morgan fingerprint density at radius 1 is 1.25 bits per heavy atom. The second kappa shape index (κ2) is 6.29. The first-order valence-electron chi connectivity index (χ1n) is 7.98. The van der Waals surface area contributed by atoms with Crippen molar-refractivity contribution in [3.63, 3.8) is 0 Å². The molecule has 1 aliphatic heterocycles. The van der Waals surface area contributed by atoms with E-state index in [9.17, 15) is 5.26 Å². The number of rotatable bonds is 2. The van der Waals surface area contributed by atoms with Crippen LogP contribution in [-0.4, -0.2) is 29.6 Å². The summed E-state index contributed by atoms with van der Waals surface area (Å²) >= 11 is 1.67. The van der Waals surface area contributed by atoms with E-state index in [0.717, 1.165) is 46.9 Å². The number of thiophene rings is 1. The topological polar surface area (TPSA) is 73.6 Å². The maximum Gasteiger partial charge on any atom is 0.148 e. The Kier molecular flexibility index (Phi) is 3.98. The summed E-state index contributed by atoms with van der Waals surface area (Å²) in [4.78, 5) is 11.8. The molecule has 0 bridgehead atoms. The van der Waals surface area contributed by atoms with Gasteiger partial charge in [0.15, 0.2) is 0 Å². The van der Waals surface area contributed by atoms with Gasteiger partial charge in [0, 0.05) is 35.5 Å². The molecule has 5 nitrogen and oxygen atoms in total. The zero-order valence-electron chi connectivity index (χ0n) is 13.3. The van der Waals surface area contributed by atoms with E-state index in [0.29, 0.717) is 5.56 Å². The monoisotopic (exact) mass is 335 g/mol. The summed E-state index contributed by atoms with van der Waals surface area (Å²) in [5.41, 5.74) is 2.36. The molecule has 6 heteroatoms. The largest absolute Gasteiger partial charge is 0.313 e. The van der Waals surface area contributed by atoms with E-state index in [1.165, 1.54) is 4.88 Å². The van der Waals surface area contributed by atoms with Crippen molar-refractivity contribution in [2.75, 3.05) is 19.6 Å². The van der Waals surface area contributed by atoms with Crippen LogP contribution in [-0.2, 0) is 0 Å². The lowest BCUT2D eigenvalue weighted by atomic mass is 10.0. The van der Waals surface area contributed by atoms with Crippen LogP contribution < -0.4 is 10.6 Å². The van der Waals surface area contributed by atoms with Gasteiger partial charge in [0.05, 0.1) is 23.4 Å².